The Morgan fingerprint density at radius 3 is 2.16 bits per heavy atom. The highest BCUT2D eigenvalue weighted by molar-refractivity contribution is 7.92. The molecule has 0 atom stereocenters. The van der Waals surface area contributed by atoms with Crippen molar-refractivity contribution < 1.29 is 21.6 Å². The van der Waals surface area contributed by atoms with Crippen molar-refractivity contribution in [3.63, 3.8) is 0 Å². The number of nitrogens with zero attached hydrogens (tertiary/aromatic N) is 2. The highest BCUT2D eigenvalue weighted by atomic mass is 32.2. The fraction of sp³-hybridized carbons (Fsp3) is 0.304. The van der Waals surface area contributed by atoms with Crippen molar-refractivity contribution in [2.45, 2.75) is 48.0 Å². The van der Waals surface area contributed by atoms with E-state index in [0.717, 1.165) is 23.4 Å². The summed E-state index contributed by atoms with van der Waals surface area (Å²) in [5, 5.41) is 2.64. The van der Waals surface area contributed by atoms with E-state index in [1.165, 1.54) is 6.07 Å². The summed E-state index contributed by atoms with van der Waals surface area (Å²) < 4.78 is 64.1. The van der Waals surface area contributed by atoms with Crippen molar-refractivity contribution >= 4 is 15.7 Å². The Morgan fingerprint density at radius 2 is 1.59 bits per heavy atom. The summed E-state index contributed by atoms with van der Waals surface area (Å²) in [7, 11) is -3.46. The molecule has 0 bridgehead atoms. The molecule has 4 rings (SSSR count). The third-order valence-corrected chi connectivity index (χ3v) is 8.01. The topological polar surface area (TPSA) is 72.0 Å². The zero-order valence-electron chi connectivity index (χ0n) is 17.1. The number of pyridine rings is 2. The highest BCUT2D eigenvalue weighted by Gasteiger charge is 2.33. The third kappa shape index (κ3) is 4.93. The monoisotopic (exact) mass is 461 g/mol. The Balaban J connectivity index is 1.37. The molecule has 168 valence electrons. The van der Waals surface area contributed by atoms with E-state index in [9.17, 15) is 21.6 Å². The second-order valence-corrected chi connectivity index (χ2v) is 10.1. The van der Waals surface area contributed by atoms with Gasteiger partial charge in [-0.2, -0.15) is 13.2 Å². The zero-order chi connectivity index (χ0) is 22.8. The zero-order valence-corrected chi connectivity index (χ0v) is 17.9. The lowest BCUT2D eigenvalue weighted by Crippen LogP contribution is -2.33. The van der Waals surface area contributed by atoms with E-state index < -0.39 is 26.8 Å². The maximum atomic E-state index is 13.1. The molecule has 32 heavy (non-hydrogen) atoms. The Labute approximate surface area is 184 Å². The summed E-state index contributed by atoms with van der Waals surface area (Å²) in [5.41, 5.74) is 1.02. The number of hydrogen-bond acceptors (Lipinski definition) is 5. The van der Waals surface area contributed by atoms with Crippen LogP contribution in [-0.4, -0.2) is 29.7 Å². The minimum atomic E-state index is -4.42. The molecule has 0 aliphatic heterocycles. The fourth-order valence-electron chi connectivity index (χ4n) is 3.94. The summed E-state index contributed by atoms with van der Waals surface area (Å²) in [4.78, 5) is 8.21. The standard InChI is InChI=1S/C23H22F3N3O2S/c24-23(25,26)18-5-12-22(28-15-18)29-19-6-10-21(11-7-19)32(30,31)20-8-3-16(4-9-20)17-2-1-13-27-14-17/h1-5,8-9,12-15,19,21H,6-7,10-11H2,(H,28,29). The average Bonchev–Trinajstić information content (AvgIpc) is 2.80. The number of rotatable bonds is 5. The van der Waals surface area contributed by atoms with E-state index in [0.29, 0.717) is 36.4 Å². The van der Waals surface area contributed by atoms with E-state index >= 15 is 0 Å². The predicted octanol–water partition coefficient (Wildman–Crippen LogP) is 5.36. The third-order valence-electron chi connectivity index (χ3n) is 5.73. The first-order valence-electron chi connectivity index (χ1n) is 10.3. The van der Waals surface area contributed by atoms with Crippen molar-refractivity contribution in [1.82, 2.24) is 9.97 Å². The summed E-state index contributed by atoms with van der Waals surface area (Å²) in [6, 6.07) is 12.8. The molecule has 1 aliphatic carbocycles. The van der Waals surface area contributed by atoms with Crippen LogP contribution in [0.25, 0.3) is 11.1 Å². The average molecular weight is 462 g/mol. The number of sulfone groups is 1. The van der Waals surface area contributed by atoms with Crippen LogP contribution >= 0.6 is 0 Å². The molecule has 1 saturated carbocycles. The number of hydrogen-bond donors (Lipinski definition) is 1. The molecule has 1 aromatic carbocycles. The van der Waals surface area contributed by atoms with Crippen molar-refractivity contribution in [3.8, 4) is 11.1 Å². The van der Waals surface area contributed by atoms with Crippen LogP contribution in [0.5, 0.6) is 0 Å². The van der Waals surface area contributed by atoms with Crippen LogP contribution in [0.3, 0.4) is 0 Å². The molecule has 0 radical (unpaired) electrons. The molecule has 1 fully saturated rings. The van der Waals surface area contributed by atoms with Crippen molar-refractivity contribution in [1.29, 1.82) is 0 Å². The van der Waals surface area contributed by atoms with Gasteiger partial charge in [0.25, 0.3) is 0 Å². The van der Waals surface area contributed by atoms with Crippen LogP contribution < -0.4 is 5.32 Å². The molecule has 1 N–H and O–H groups in total. The molecule has 0 unspecified atom stereocenters. The quantitative estimate of drug-likeness (QED) is 0.554. The summed E-state index contributed by atoms with van der Waals surface area (Å²) >= 11 is 0. The minimum Gasteiger partial charge on any atom is -0.367 e. The van der Waals surface area contributed by atoms with Gasteiger partial charge in [0.1, 0.15) is 5.82 Å². The van der Waals surface area contributed by atoms with Gasteiger partial charge in [0, 0.05) is 24.6 Å². The van der Waals surface area contributed by atoms with Gasteiger partial charge in [0.2, 0.25) is 0 Å². The van der Waals surface area contributed by atoms with Crippen molar-refractivity contribution in [2.75, 3.05) is 5.32 Å². The highest BCUT2D eigenvalue weighted by Crippen LogP contribution is 2.32. The maximum Gasteiger partial charge on any atom is 0.417 e. The lowest BCUT2D eigenvalue weighted by molar-refractivity contribution is -0.137. The van der Waals surface area contributed by atoms with Crippen LogP contribution in [0.15, 0.2) is 72.0 Å². The molecule has 0 spiro atoms. The van der Waals surface area contributed by atoms with Gasteiger partial charge in [-0.3, -0.25) is 4.98 Å². The SMILES string of the molecule is O=S(=O)(c1ccc(-c2cccnc2)cc1)C1CCC(Nc2ccc(C(F)(F)F)cn2)CC1. The first-order valence-corrected chi connectivity index (χ1v) is 11.8. The van der Waals surface area contributed by atoms with E-state index in [-0.39, 0.29) is 6.04 Å². The van der Waals surface area contributed by atoms with Gasteiger partial charge in [-0.05, 0) is 67.1 Å². The Morgan fingerprint density at radius 1 is 0.875 bits per heavy atom. The van der Waals surface area contributed by atoms with Crippen LogP contribution in [0.1, 0.15) is 31.2 Å². The second kappa shape index (κ2) is 8.90. The van der Waals surface area contributed by atoms with Crippen molar-refractivity contribution in [3.05, 3.63) is 72.7 Å². The molecule has 2 aromatic heterocycles. The smallest absolute Gasteiger partial charge is 0.367 e. The lowest BCUT2D eigenvalue weighted by atomic mass is 9.95. The summed E-state index contributed by atoms with van der Waals surface area (Å²) in [6.45, 7) is 0. The molecule has 0 amide bonds. The van der Waals surface area contributed by atoms with E-state index in [1.807, 2.05) is 12.1 Å². The second-order valence-electron chi connectivity index (χ2n) is 7.86. The number of anilines is 1. The van der Waals surface area contributed by atoms with Gasteiger partial charge in [-0.1, -0.05) is 18.2 Å². The molecule has 1 aliphatic rings. The van der Waals surface area contributed by atoms with Gasteiger partial charge in [-0.15, -0.1) is 0 Å². The number of halogens is 3. The van der Waals surface area contributed by atoms with Gasteiger partial charge in [-0.25, -0.2) is 13.4 Å². The van der Waals surface area contributed by atoms with E-state index in [1.54, 1.807) is 36.7 Å². The summed E-state index contributed by atoms with van der Waals surface area (Å²) in [6.07, 6.45) is 1.93. The Bertz CT molecular complexity index is 1140. The van der Waals surface area contributed by atoms with E-state index in [4.69, 9.17) is 0 Å². The fourth-order valence-corrected chi connectivity index (χ4v) is 5.73. The van der Waals surface area contributed by atoms with Crippen LogP contribution in [-0.2, 0) is 16.0 Å². The molecule has 2 heterocycles. The first-order chi connectivity index (χ1) is 15.2. The minimum absolute atomic E-state index is 0.0290. The molecule has 3 aromatic rings. The van der Waals surface area contributed by atoms with Crippen LogP contribution in [0, 0.1) is 0 Å². The molecule has 5 nitrogen and oxygen atoms in total. The Kier molecular flexibility index (Phi) is 6.19. The molecule has 0 saturated heterocycles. The van der Waals surface area contributed by atoms with Crippen LogP contribution in [0.2, 0.25) is 0 Å². The number of aromatic nitrogens is 2. The van der Waals surface area contributed by atoms with Gasteiger partial charge >= 0.3 is 6.18 Å². The summed E-state index contributed by atoms with van der Waals surface area (Å²) in [5.74, 6) is 0.357. The number of alkyl halides is 3. The normalized spacial score (nSPS) is 19.5. The maximum absolute atomic E-state index is 13.1. The number of benzene rings is 1. The predicted molar refractivity (Wildman–Crippen MR) is 116 cm³/mol. The molecule has 9 heteroatoms. The lowest BCUT2D eigenvalue weighted by Gasteiger charge is -2.29. The van der Waals surface area contributed by atoms with Gasteiger partial charge in [0.15, 0.2) is 9.84 Å². The Hall–Kier alpha value is -2.94. The van der Waals surface area contributed by atoms with Crippen molar-refractivity contribution in [2.24, 2.45) is 0 Å². The van der Waals surface area contributed by atoms with Gasteiger partial charge < -0.3 is 5.32 Å². The van der Waals surface area contributed by atoms with Gasteiger partial charge in [0.05, 0.1) is 15.7 Å². The van der Waals surface area contributed by atoms with E-state index in [2.05, 4.69) is 15.3 Å². The largest absolute Gasteiger partial charge is 0.417 e. The first kappa shape index (κ1) is 22.3. The number of nitrogens with one attached hydrogen (secondary N) is 1. The van der Waals surface area contributed by atoms with Crippen LogP contribution in [0.4, 0.5) is 19.0 Å². The molecular formula is C23H22F3N3O2S. The molecular weight excluding hydrogens is 439 g/mol.